The molecule has 2 heterocycles. The van der Waals surface area contributed by atoms with Gasteiger partial charge in [-0.05, 0) is 81.9 Å². The highest BCUT2D eigenvalue weighted by atomic mass is 16.2. The predicted molar refractivity (Wildman–Crippen MR) is 284 cm³/mol. The van der Waals surface area contributed by atoms with Crippen LogP contribution in [0.5, 0.6) is 0 Å². The van der Waals surface area contributed by atoms with Crippen LogP contribution in [-0.2, 0) is 60.8 Å². The number of nitrogens with zero attached hydrogens (tertiary/aromatic N) is 2. The van der Waals surface area contributed by atoms with Crippen molar-refractivity contribution >= 4 is 81.5 Å². The molecule has 0 unspecified atom stereocenters. The number of aryl methyl sites for hydroxylation is 1. The second kappa shape index (κ2) is 30.3. The fraction of sp³-hybridized carbons (Fsp3) is 0.500. The zero-order valence-corrected chi connectivity index (χ0v) is 43.2. The van der Waals surface area contributed by atoms with Crippen molar-refractivity contribution in [3.8, 4) is 0 Å². The predicted octanol–water partition coefficient (Wildman–Crippen LogP) is -0.753. The molecule has 18 N–H and O–H groups in total. The average Bonchev–Trinajstić information content (AvgIpc) is 3.76. The number of Topliss-reactive ketones (excluding diaryl/α,β-unsaturated/α-hetero) is 3. The lowest BCUT2D eigenvalue weighted by Gasteiger charge is -2.27. The van der Waals surface area contributed by atoms with Gasteiger partial charge in [-0.1, -0.05) is 54.4 Å². The number of nitrogens with two attached hydrogens (primary N) is 6. The van der Waals surface area contributed by atoms with Crippen LogP contribution in [0.1, 0.15) is 107 Å². The highest BCUT2D eigenvalue weighted by Gasteiger charge is 2.35. The van der Waals surface area contributed by atoms with Gasteiger partial charge in [-0.15, -0.1) is 0 Å². The lowest BCUT2D eigenvalue weighted by molar-refractivity contribution is -0.136. The Hall–Kier alpha value is -8.18. The quantitative estimate of drug-likeness (QED) is 0.0424. The summed E-state index contributed by atoms with van der Waals surface area (Å²) in [5, 5.41) is 13.9. The van der Waals surface area contributed by atoms with Gasteiger partial charge in [-0.25, -0.2) is 0 Å². The van der Waals surface area contributed by atoms with Crippen LogP contribution in [0.25, 0.3) is 10.9 Å². The summed E-state index contributed by atoms with van der Waals surface area (Å²) in [5.41, 5.74) is 36.4. The maximum Gasteiger partial charge on any atom is 0.243 e. The van der Waals surface area contributed by atoms with E-state index in [0.717, 1.165) is 16.5 Å². The molecular formula is C52H74N14O10. The SMILES string of the molecule is CC(=O)N[C@@H](CCCN=C(N)N)C(=O)N[C@H]1CCCCC(=O)CC[C@@H](C(N)=O)NC(=O)[C@H](Cc2c[nH]c3ccccc23)CC(=O)[C@H](CCCN=C(N)N)CC(=O)[C@@H](Cc2cccc(C)c2)NC(=O)[C@H](CC(N)=O)NC1=O. The molecule has 7 amide bonds. The van der Waals surface area contributed by atoms with Crippen LogP contribution in [0.2, 0.25) is 0 Å². The molecule has 2 aromatic carbocycles. The molecule has 1 saturated heterocycles. The molecule has 24 nitrogen and oxygen atoms in total. The Morgan fingerprint density at radius 3 is 2.08 bits per heavy atom. The first-order valence-corrected chi connectivity index (χ1v) is 25.4. The maximum absolute atomic E-state index is 14.8. The molecule has 0 spiro atoms. The van der Waals surface area contributed by atoms with Gasteiger partial charge in [0, 0.05) is 74.6 Å². The van der Waals surface area contributed by atoms with E-state index in [4.69, 9.17) is 34.4 Å². The topological polar surface area (TPSA) is 427 Å². The minimum absolute atomic E-state index is 0.0223. The normalized spacial score (nSPS) is 21.2. The monoisotopic (exact) mass is 1050 g/mol. The first-order chi connectivity index (χ1) is 36.1. The first kappa shape index (κ1) is 60.4. The van der Waals surface area contributed by atoms with Crippen LogP contribution in [0, 0.1) is 18.8 Å². The van der Waals surface area contributed by atoms with Gasteiger partial charge < -0.3 is 66.0 Å². The summed E-state index contributed by atoms with van der Waals surface area (Å²) in [5.74, 6) is -9.82. The number of para-hydroxylation sites is 1. The van der Waals surface area contributed by atoms with Gasteiger partial charge in [0.25, 0.3) is 0 Å². The van der Waals surface area contributed by atoms with Gasteiger partial charge >= 0.3 is 0 Å². The number of benzene rings is 2. The molecule has 1 aromatic heterocycles. The largest absolute Gasteiger partial charge is 0.370 e. The van der Waals surface area contributed by atoms with Crippen LogP contribution < -0.4 is 61.0 Å². The fourth-order valence-corrected chi connectivity index (χ4v) is 9.05. The molecule has 1 fully saturated rings. The molecule has 1 aliphatic heterocycles. The second-order valence-corrected chi connectivity index (χ2v) is 19.3. The zero-order valence-electron chi connectivity index (χ0n) is 43.2. The molecule has 24 heteroatoms. The molecule has 412 valence electrons. The van der Waals surface area contributed by atoms with Gasteiger partial charge in [0.05, 0.1) is 12.5 Å². The van der Waals surface area contributed by atoms with Gasteiger partial charge in [-0.3, -0.25) is 57.9 Å². The fourth-order valence-electron chi connectivity index (χ4n) is 9.05. The number of aromatic nitrogens is 1. The van der Waals surface area contributed by atoms with Crippen LogP contribution in [0.3, 0.4) is 0 Å². The molecule has 3 aromatic rings. The van der Waals surface area contributed by atoms with Gasteiger partial charge in [0.2, 0.25) is 41.4 Å². The van der Waals surface area contributed by atoms with Gasteiger partial charge in [0.15, 0.2) is 17.7 Å². The number of nitrogens with one attached hydrogen (secondary N) is 6. The summed E-state index contributed by atoms with van der Waals surface area (Å²) >= 11 is 0. The number of aromatic amines is 1. The Balaban J connectivity index is 1.79. The third kappa shape index (κ3) is 20.6. The Bertz CT molecular complexity index is 2620. The summed E-state index contributed by atoms with van der Waals surface area (Å²) < 4.78 is 0. The van der Waals surface area contributed by atoms with Crippen molar-refractivity contribution in [2.24, 2.45) is 56.2 Å². The number of H-pyrrole nitrogens is 1. The van der Waals surface area contributed by atoms with Crippen molar-refractivity contribution in [2.75, 3.05) is 13.1 Å². The molecule has 0 bridgehead atoms. The lowest BCUT2D eigenvalue weighted by atomic mass is 9.83. The average molecular weight is 1060 g/mol. The second-order valence-electron chi connectivity index (χ2n) is 19.3. The smallest absolute Gasteiger partial charge is 0.243 e. The Kier molecular flexibility index (Phi) is 24.0. The Morgan fingerprint density at radius 1 is 0.724 bits per heavy atom. The molecule has 1 aliphatic rings. The number of primary amides is 2. The summed E-state index contributed by atoms with van der Waals surface area (Å²) in [6.45, 7) is 3.24. The molecule has 7 atom stereocenters. The van der Waals surface area contributed by atoms with E-state index >= 15 is 0 Å². The molecule has 0 radical (unpaired) electrons. The number of carbonyl (C=O) groups excluding carboxylic acids is 10. The number of carbonyl (C=O) groups is 10. The van der Waals surface area contributed by atoms with Crippen LogP contribution in [0.15, 0.2) is 64.7 Å². The van der Waals surface area contributed by atoms with Gasteiger partial charge in [0.1, 0.15) is 35.7 Å². The minimum Gasteiger partial charge on any atom is -0.370 e. The highest BCUT2D eigenvalue weighted by Crippen LogP contribution is 2.26. The van der Waals surface area contributed by atoms with Crippen LogP contribution in [-0.4, -0.2) is 119 Å². The summed E-state index contributed by atoms with van der Waals surface area (Å²) in [6.07, 6.45) is 0.438. The van der Waals surface area contributed by atoms with E-state index in [-0.39, 0.29) is 108 Å². The number of hydrogen-bond donors (Lipinski definition) is 12. The van der Waals surface area contributed by atoms with Crippen molar-refractivity contribution in [3.63, 3.8) is 0 Å². The molecule has 4 rings (SSSR count). The van der Waals surface area contributed by atoms with E-state index < -0.39 is 114 Å². The number of hydrogen-bond acceptors (Lipinski definition) is 12. The lowest BCUT2D eigenvalue weighted by Crippen LogP contribution is -2.58. The molecule has 0 saturated carbocycles. The number of guanidine groups is 2. The van der Waals surface area contributed by atoms with E-state index in [0.29, 0.717) is 11.1 Å². The number of rotatable bonds is 18. The van der Waals surface area contributed by atoms with Crippen LogP contribution in [0.4, 0.5) is 0 Å². The Morgan fingerprint density at radius 2 is 1.41 bits per heavy atom. The Labute approximate surface area is 440 Å². The number of fused-ring (bicyclic) bond motifs is 1. The van der Waals surface area contributed by atoms with Crippen molar-refractivity contribution in [1.29, 1.82) is 0 Å². The number of amides is 7. The van der Waals surface area contributed by atoms with E-state index in [1.807, 2.05) is 37.3 Å². The molecular weight excluding hydrogens is 981 g/mol. The van der Waals surface area contributed by atoms with E-state index in [1.54, 1.807) is 24.4 Å². The standard InChI is InChI=1S/C52H74N14O10/c1-29-10-7-11-31(22-29)23-41-44(70)25-32(12-8-20-59-51(55)56)43(69)26-33(24-34-28-61-37-15-6-4-14-36(34)37)47(73)63-38(46(54)72)19-18-35(68)13-3-5-16-40(49(75)66-42(27-45(53)71)50(76)65-41)64-48(74)39(62-30(2)67)17-9-21-60-52(57)58/h4,6-7,10-11,14-15,22,28,32-33,38-42,61H,3,5,8-9,12-13,16-21,23-27H2,1-2H3,(H2,53,71)(H2,54,72)(H,62,67)(H,63,73)(H,64,74)(H,65,76)(H,66,75)(H4,55,56,59)(H4,57,58,60)/t32-,33-,38+,39+,40+,41-,42+/m1/s1. The minimum atomic E-state index is -1.69. The third-order valence-electron chi connectivity index (χ3n) is 13.0. The van der Waals surface area contributed by atoms with Crippen molar-refractivity contribution in [2.45, 2.75) is 140 Å². The number of aliphatic imine (C=N–C) groups is 2. The summed E-state index contributed by atoms with van der Waals surface area (Å²) in [4.78, 5) is 149. The van der Waals surface area contributed by atoms with Gasteiger partial charge in [-0.2, -0.15) is 0 Å². The van der Waals surface area contributed by atoms with E-state index in [9.17, 15) is 47.9 Å². The third-order valence-corrected chi connectivity index (χ3v) is 13.0. The first-order valence-electron chi connectivity index (χ1n) is 25.4. The van der Waals surface area contributed by atoms with Crippen molar-refractivity contribution < 1.29 is 47.9 Å². The van der Waals surface area contributed by atoms with E-state index in [1.165, 1.54) is 6.92 Å². The summed E-state index contributed by atoms with van der Waals surface area (Å²) in [6, 6.07) is 7.54. The van der Waals surface area contributed by atoms with Crippen LogP contribution >= 0.6 is 0 Å². The highest BCUT2D eigenvalue weighted by molar-refractivity contribution is 5.99. The molecule has 76 heavy (non-hydrogen) atoms. The number of ketones is 3. The van der Waals surface area contributed by atoms with Crippen molar-refractivity contribution in [1.82, 2.24) is 31.6 Å². The summed E-state index contributed by atoms with van der Waals surface area (Å²) in [7, 11) is 0. The maximum atomic E-state index is 14.8. The zero-order chi connectivity index (χ0) is 55.9. The molecule has 0 aliphatic carbocycles. The van der Waals surface area contributed by atoms with E-state index in [2.05, 4.69) is 41.6 Å². The van der Waals surface area contributed by atoms with Crippen molar-refractivity contribution in [3.05, 3.63) is 71.4 Å².